The lowest BCUT2D eigenvalue weighted by atomic mass is 10.2. The Kier molecular flexibility index (Phi) is 4.98. The molecule has 0 atom stereocenters. The number of anilines is 1. The van der Waals surface area contributed by atoms with Crippen molar-refractivity contribution in [1.29, 1.82) is 0 Å². The molecule has 2 N–H and O–H groups in total. The third-order valence-corrected chi connectivity index (χ3v) is 3.24. The molecule has 2 amide bonds. The quantitative estimate of drug-likeness (QED) is 0.865. The lowest BCUT2D eigenvalue weighted by Crippen LogP contribution is -2.36. The fraction of sp³-hybridized carbons (Fsp3) is 0.467. The van der Waals surface area contributed by atoms with Crippen LogP contribution in [0.25, 0.3) is 0 Å². The van der Waals surface area contributed by atoms with E-state index in [1.807, 2.05) is 0 Å². The van der Waals surface area contributed by atoms with Crippen LogP contribution in [0, 0.1) is 0 Å². The second-order valence-electron chi connectivity index (χ2n) is 5.05. The number of ether oxygens (including phenoxy) is 1. The second-order valence-corrected chi connectivity index (χ2v) is 5.05. The van der Waals surface area contributed by atoms with Crippen LogP contribution in [0.2, 0.25) is 0 Å². The van der Waals surface area contributed by atoms with Crippen LogP contribution in [0.5, 0.6) is 5.75 Å². The van der Waals surface area contributed by atoms with E-state index >= 15 is 0 Å². The predicted molar refractivity (Wildman–Crippen MR) is 76.6 cm³/mol. The Morgan fingerprint density at radius 3 is 2.75 bits per heavy atom. The molecule has 0 aliphatic heterocycles. The van der Waals surface area contributed by atoms with Gasteiger partial charge in [0, 0.05) is 24.7 Å². The zero-order valence-corrected chi connectivity index (χ0v) is 11.6. The summed E-state index contributed by atoms with van der Waals surface area (Å²) in [5, 5.41) is 5.63. The molecule has 2 rings (SSSR count). The second kappa shape index (κ2) is 6.93. The van der Waals surface area contributed by atoms with Gasteiger partial charge in [0.2, 0.25) is 5.91 Å². The fourth-order valence-corrected chi connectivity index (χ4v) is 2.36. The standard InChI is InChI=1S/C15H20N2O3/c1-11(18)16-13-7-4-8-14(9-13)20-10-15(19)17-12-5-2-3-6-12/h4,7-9,12H,2-3,5-6,10H2,1H3,(H,16,18)(H,17,19). The van der Waals surface area contributed by atoms with E-state index < -0.39 is 0 Å². The number of hydrogen-bond acceptors (Lipinski definition) is 3. The molecular weight excluding hydrogens is 256 g/mol. The summed E-state index contributed by atoms with van der Waals surface area (Å²) in [7, 11) is 0. The Bertz CT molecular complexity index is 482. The average molecular weight is 276 g/mol. The van der Waals surface area contributed by atoms with Crippen molar-refractivity contribution >= 4 is 17.5 Å². The molecule has 0 unspecified atom stereocenters. The molecular formula is C15H20N2O3. The van der Waals surface area contributed by atoms with Gasteiger partial charge in [0.25, 0.3) is 5.91 Å². The van der Waals surface area contributed by atoms with Gasteiger partial charge in [-0.05, 0) is 25.0 Å². The first-order valence-corrected chi connectivity index (χ1v) is 6.93. The lowest BCUT2D eigenvalue weighted by Gasteiger charge is -2.13. The number of carbonyl (C=O) groups is 2. The third-order valence-electron chi connectivity index (χ3n) is 3.24. The highest BCUT2D eigenvalue weighted by molar-refractivity contribution is 5.88. The van der Waals surface area contributed by atoms with E-state index in [-0.39, 0.29) is 18.4 Å². The van der Waals surface area contributed by atoms with Crippen LogP contribution >= 0.6 is 0 Å². The molecule has 5 nitrogen and oxygen atoms in total. The van der Waals surface area contributed by atoms with E-state index in [0.717, 1.165) is 12.8 Å². The van der Waals surface area contributed by atoms with Gasteiger partial charge in [-0.2, -0.15) is 0 Å². The van der Waals surface area contributed by atoms with Gasteiger partial charge in [-0.1, -0.05) is 18.9 Å². The molecule has 108 valence electrons. The maximum atomic E-state index is 11.7. The summed E-state index contributed by atoms with van der Waals surface area (Å²) in [6, 6.07) is 7.30. The number of nitrogens with one attached hydrogen (secondary N) is 2. The summed E-state index contributed by atoms with van der Waals surface area (Å²) in [5.41, 5.74) is 0.659. The summed E-state index contributed by atoms with van der Waals surface area (Å²) in [4.78, 5) is 22.7. The van der Waals surface area contributed by atoms with Crippen LogP contribution in [0.4, 0.5) is 5.69 Å². The van der Waals surface area contributed by atoms with Gasteiger partial charge in [0.1, 0.15) is 5.75 Å². The summed E-state index contributed by atoms with van der Waals surface area (Å²) in [6.07, 6.45) is 4.49. The summed E-state index contributed by atoms with van der Waals surface area (Å²) in [5.74, 6) is 0.334. The van der Waals surface area contributed by atoms with E-state index in [1.165, 1.54) is 19.8 Å². The Hall–Kier alpha value is -2.04. The van der Waals surface area contributed by atoms with Crippen molar-refractivity contribution < 1.29 is 14.3 Å². The molecule has 1 fully saturated rings. The molecule has 1 aliphatic carbocycles. The van der Waals surface area contributed by atoms with Gasteiger partial charge >= 0.3 is 0 Å². The Labute approximate surface area is 118 Å². The summed E-state index contributed by atoms with van der Waals surface area (Å²) in [6.45, 7) is 1.45. The predicted octanol–water partition coefficient (Wildman–Crippen LogP) is 2.08. The summed E-state index contributed by atoms with van der Waals surface area (Å²) < 4.78 is 5.44. The maximum absolute atomic E-state index is 11.7. The van der Waals surface area contributed by atoms with Crippen LogP contribution in [0.3, 0.4) is 0 Å². The average Bonchev–Trinajstić information content (AvgIpc) is 2.89. The van der Waals surface area contributed by atoms with Crippen LogP contribution < -0.4 is 15.4 Å². The highest BCUT2D eigenvalue weighted by Crippen LogP contribution is 2.18. The first-order chi connectivity index (χ1) is 9.63. The zero-order chi connectivity index (χ0) is 14.4. The highest BCUT2D eigenvalue weighted by atomic mass is 16.5. The van der Waals surface area contributed by atoms with Crippen molar-refractivity contribution in [2.45, 2.75) is 38.6 Å². The number of carbonyl (C=O) groups excluding carboxylic acids is 2. The van der Waals surface area contributed by atoms with Crippen LogP contribution in [-0.4, -0.2) is 24.5 Å². The molecule has 0 heterocycles. The molecule has 1 aliphatic rings. The lowest BCUT2D eigenvalue weighted by molar-refractivity contribution is -0.123. The van der Waals surface area contributed by atoms with Gasteiger partial charge in [-0.15, -0.1) is 0 Å². The Morgan fingerprint density at radius 2 is 2.05 bits per heavy atom. The molecule has 0 aromatic heterocycles. The fourth-order valence-electron chi connectivity index (χ4n) is 2.36. The molecule has 0 spiro atoms. The minimum atomic E-state index is -0.138. The van der Waals surface area contributed by atoms with Crippen molar-refractivity contribution in [3.05, 3.63) is 24.3 Å². The van der Waals surface area contributed by atoms with Crippen molar-refractivity contribution in [2.75, 3.05) is 11.9 Å². The van der Waals surface area contributed by atoms with E-state index in [2.05, 4.69) is 10.6 Å². The van der Waals surface area contributed by atoms with E-state index in [9.17, 15) is 9.59 Å². The van der Waals surface area contributed by atoms with Gasteiger partial charge in [0.05, 0.1) is 0 Å². The highest BCUT2D eigenvalue weighted by Gasteiger charge is 2.17. The zero-order valence-electron chi connectivity index (χ0n) is 11.6. The molecule has 0 radical (unpaired) electrons. The Balaban J connectivity index is 1.80. The Morgan fingerprint density at radius 1 is 1.30 bits per heavy atom. The first kappa shape index (κ1) is 14.4. The van der Waals surface area contributed by atoms with Gasteiger partial charge < -0.3 is 15.4 Å². The first-order valence-electron chi connectivity index (χ1n) is 6.93. The number of benzene rings is 1. The normalized spacial score (nSPS) is 14.8. The smallest absolute Gasteiger partial charge is 0.258 e. The SMILES string of the molecule is CC(=O)Nc1cccc(OCC(=O)NC2CCCC2)c1. The number of amides is 2. The minimum Gasteiger partial charge on any atom is -0.484 e. The van der Waals surface area contributed by atoms with Crippen molar-refractivity contribution in [1.82, 2.24) is 5.32 Å². The largest absolute Gasteiger partial charge is 0.484 e. The molecule has 5 heteroatoms. The topological polar surface area (TPSA) is 67.4 Å². The number of rotatable bonds is 5. The third kappa shape index (κ3) is 4.57. The molecule has 0 saturated heterocycles. The number of hydrogen-bond donors (Lipinski definition) is 2. The van der Waals surface area contributed by atoms with Crippen molar-refractivity contribution in [2.24, 2.45) is 0 Å². The van der Waals surface area contributed by atoms with Gasteiger partial charge in [-0.25, -0.2) is 0 Å². The van der Waals surface area contributed by atoms with Crippen LogP contribution in [0.1, 0.15) is 32.6 Å². The van der Waals surface area contributed by atoms with E-state index in [1.54, 1.807) is 24.3 Å². The monoisotopic (exact) mass is 276 g/mol. The van der Waals surface area contributed by atoms with E-state index in [0.29, 0.717) is 17.5 Å². The molecule has 20 heavy (non-hydrogen) atoms. The molecule has 0 bridgehead atoms. The molecule has 1 aromatic rings. The minimum absolute atomic E-state index is 0.0000246. The molecule has 1 saturated carbocycles. The van der Waals surface area contributed by atoms with Gasteiger partial charge in [0.15, 0.2) is 6.61 Å². The van der Waals surface area contributed by atoms with Crippen LogP contribution in [0.15, 0.2) is 24.3 Å². The van der Waals surface area contributed by atoms with Crippen molar-refractivity contribution in [3.63, 3.8) is 0 Å². The van der Waals surface area contributed by atoms with Crippen LogP contribution in [-0.2, 0) is 9.59 Å². The van der Waals surface area contributed by atoms with Gasteiger partial charge in [-0.3, -0.25) is 9.59 Å². The van der Waals surface area contributed by atoms with Crippen molar-refractivity contribution in [3.8, 4) is 5.75 Å². The molecule has 1 aromatic carbocycles. The summed E-state index contributed by atoms with van der Waals surface area (Å²) >= 11 is 0. The van der Waals surface area contributed by atoms with E-state index in [4.69, 9.17) is 4.74 Å². The maximum Gasteiger partial charge on any atom is 0.258 e.